The van der Waals surface area contributed by atoms with Gasteiger partial charge < -0.3 is 4.98 Å². The number of aryl methyl sites for hydroxylation is 2. The first kappa shape index (κ1) is 12.2. The van der Waals surface area contributed by atoms with Gasteiger partial charge in [0.25, 0.3) is 0 Å². The molecule has 2 aromatic rings. The molecule has 0 amide bonds. The molecule has 2 rings (SSSR count). The molecule has 0 aliphatic rings. The minimum atomic E-state index is -0.0128. The Morgan fingerprint density at radius 2 is 2.18 bits per heavy atom. The van der Waals surface area contributed by atoms with Gasteiger partial charge in [-0.05, 0) is 43.4 Å². The smallest absolute Gasteiger partial charge is 0.0923 e. The van der Waals surface area contributed by atoms with Crippen LogP contribution in [0.3, 0.4) is 0 Å². The summed E-state index contributed by atoms with van der Waals surface area (Å²) in [6.45, 7) is 4.31. The summed E-state index contributed by atoms with van der Waals surface area (Å²) in [6, 6.07) is 6.43. The second-order valence-corrected chi connectivity index (χ2v) is 4.89. The molecule has 1 N–H and O–H groups in total. The number of rotatable bonds is 4. The van der Waals surface area contributed by atoms with Crippen LogP contribution in [0.5, 0.6) is 0 Å². The number of imidazole rings is 1. The van der Waals surface area contributed by atoms with Crippen LogP contribution in [0.15, 0.2) is 30.7 Å². The molecule has 0 radical (unpaired) electrons. The molecule has 1 atom stereocenters. The molecular formula is C14H17ClN2. The SMILES string of the molecule is Cc1cccc(CCC(Cl)c2c[nH]cn2)c1C. The minimum Gasteiger partial charge on any atom is -0.351 e. The van der Waals surface area contributed by atoms with Crippen molar-refractivity contribution in [3.63, 3.8) is 0 Å². The van der Waals surface area contributed by atoms with E-state index in [1.807, 2.05) is 6.20 Å². The highest BCUT2D eigenvalue weighted by Gasteiger charge is 2.10. The summed E-state index contributed by atoms with van der Waals surface area (Å²) in [7, 11) is 0. The van der Waals surface area contributed by atoms with Gasteiger partial charge >= 0.3 is 0 Å². The molecule has 17 heavy (non-hydrogen) atoms. The predicted molar refractivity (Wildman–Crippen MR) is 71.4 cm³/mol. The van der Waals surface area contributed by atoms with E-state index in [9.17, 15) is 0 Å². The Bertz CT molecular complexity index is 477. The van der Waals surface area contributed by atoms with E-state index in [0.29, 0.717) is 0 Å². The van der Waals surface area contributed by atoms with Crippen molar-refractivity contribution in [2.45, 2.75) is 32.1 Å². The molecule has 0 fully saturated rings. The topological polar surface area (TPSA) is 28.7 Å². The Hall–Kier alpha value is -1.28. The van der Waals surface area contributed by atoms with Crippen LogP contribution in [-0.2, 0) is 6.42 Å². The van der Waals surface area contributed by atoms with Crippen molar-refractivity contribution in [3.8, 4) is 0 Å². The van der Waals surface area contributed by atoms with Gasteiger partial charge in [0.15, 0.2) is 0 Å². The zero-order valence-electron chi connectivity index (χ0n) is 10.2. The van der Waals surface area contributed by atoms with Gasteiger partial charge in [0, 0.05) is 6.20 Å². The van der Waals surface area contributed by atoms with E-state index >= 15 is 0 Å². The average Bonchev–Trinajstić information content (AvgIpc) is 2.84. The third-order valence-electron chi connectivity index (χ3n) is 3.22. The Morgan fingerprint density at radius 3 is 2.88 bits per heavy atom. The quantitative estimate of drug-likeness (QED) is 0.816. The molecule has 0 saturated heterocycles. The molecule has 1 aromatic carbocycles. The van der Waals surface area contributed by atoms with Crippen molar-refractivity contribution in [1.82, 2.24) is 9.97 Å². The molecule has 1 heterocycles. The number of hydrogen-bond donors (Lipinski definition) is 1. The molecular weight excluding hydrogens is 232 g/mol. The minimum absolute atomic E-state index is 0.0128. The highest BCUT2D eigenvalue weighted by molar-refractivity contribution is 6.20. The number of benzene rings is 1. The monoisotopic (exact) mass is 248 g/mol. The fourth-order valence-corrected chi connectivity index (χ4v) is 2.18. The maximum absolute atomic E-state index is 6.31. The lowest BCUT2D eigenvalue weighted by Crippen LogP contribution is -1.97. The molecule has 1 unspecified atom stereocenters. The first-order chi connectivity index (χ1) is 8.18. The molecule has 1 aromatic heterocycles. The highest BCUT2D eigenvalue weighted by Crippen LogP contribution is 2.25. The summed E-state index contributed by atoms with van der Waals surface area (Å²) in [5, 5.41) is -0.0128. The maximum atomic E-state index is 6.31. The van der Waals surface area contributed by atoms with Crippen molar-refractivity contribution in [2.75, 3.05) is 0 Å². The Kier molecular flexibility index (Phi) is 3.85. The fourth-order valence-electron chi connectivity index (χ4n) is 1.96. The van der Waals surface area contributed by atoms with Gasteiger partial charge in [-0.1, -0.05) is 18.2 Å². The molecule has 0 spiro atoms. The van der Waals surface area contributed by atoms with Gasteiger partial charge in [-0.3, -0.25) is 0 Å². The van der Waals surface area contributed by atoms with Crippen LogP contribution >= 0.6 is 11.6 Å². The maximum Gasteiger partial charge on any atom is 0.0923 e. The van der Waals surface area contributed by atoms with Crippen molar-refractivity contribution in [1.29, 1.82) is 0 Å². The molecule has 0 saturated carbocycles. The largest absolute Gasteiger partial charge is 0.351 e. The van der Waals surface area contributed by atoms with Gasteiger partial charge in [0.05, 0.1) is 17.4 Å². The van der Waals surface area contributed by atoms with Crippen LogP contribution in [0.2, 0.25) is 0 Å². The number of hydrogen-bond acceptors (Lipinski definition) is 1. The van der Waals surface area contributed by atoms with Crippen LogP contribution in [0.4, 0.5) is 0 Å². The van der Waals surface area contributed by atoms with E-state index in [-0.39, 0.29) is 5.38 Å². The molecule has 0 aliphatic carbocycles. The number of aromatic nitrogens is 2. The number of alkyl halides is 1. The number of aromatic amines is 1. The van der Waals surface area contributed by atoms with E-state index in [1.54, 1.807) is 6.33 Å². The lowest BCUT2D eigenvalue weighted by Gasteiger charge is -2.10. The van der Waals surface area contributed by atoms with Gasteiger partial charge in [-0.2, -0.15) is 0 Å². The Morgan fingerprint density at radius 1 is 1.35 bits per heavy atom. The van der Waals surface area contributed by atoms with E-state index in [1.165, 1.54) is 16.7 Å². The van der Waals surface area contributed by atoms with Gasteiger partial charge in [0.1, 0.15) is 0 Å². The summed E-state index contributed by atoms with van der Waals surface area (Å²) in [5.74, 6) is 0. The second kappa shape index (κ2) is 5.37. The van der Waals surface area contributed by atoms with Crippen molar-refractivity contribution in [2.24, 2.45) is 0 Å². The molecule has 0 aliphatic heterocycles. The zero-order chi connectivity index (χ0) is 12.3. The lowest BCUT2D eigenvalue weighted by molar-refractivity contribution is 0.773. The second-order valence-electron chi connectivity index (χ2n) is 4.36. The molecule has 2 nitrogen and oxygen atoms in total. The normalized spacial score (nSPS) is 12.6. The highest BCUT2D eigenvalue weighted by atomic mass is 35.5. The number of nitrogens with one attached hydrogen (secondary N) is 1. The summed E-state index contributed by atoms with van der Waals surface area (Å²) in [4.78, 5) is 7.11. The van der Waals surface area contributed by atoms with Crippen LogP contribution < -0.4 is 0 Å². The first-order valence-electron chi connectivity index (χ1n) is 5.86. The van der Waals surface area contributed by atoms with E-state index in [2.05, 4.69) is 42.0 Å². The average molecular weight is 249 g/mol. The lowest BCUT2D eigenvalue weighted by atomic mass is 9.98. The Balaban J connectivity index is 2.00. The van der Waals surface area contributed by atoms with Gasteiger partial charge in [-0.25, -0.2) is 4.98 Å². The number of H-pyrrole nitrogens is 1. The predicted octanol–water partition coefficient (Wildman–Crippen LogP) is 3.94. The van der Waals surface area contributed by atoms with Crippen LogP contribution in [0.25, 0.3) is 0 Å². The molecule has 90 valence electrons. The standard InChI is InChI=1S/C14H17ClN2/c1-10-4-3-5-12(11(10)2)6-7-13(15)14-8-16-9-17-14/h3-5,8-9,13H,6-7H2,1-2H3,(H,16,17). The van der Waals surface area contributed by atoms with Crippen LogP contribution in [-0.4, -0.2) is 9.97 Å². The van der Waals surface area contributed by atoms with Crippen molar-refractivity contribution >= 4 is 11.6 Å². The Labute approximate surface area is 107 Å². The van der Waals surface area contributed by atoms with Crippen molar-refractivity contribution in [3.05, 3.63) is 53.1 Å². The van der Waals surface area contributed by atoms with Crippen LogP contribution in [0.1, 0.15) is 34.2 Å². The fraction of sp³-hybridized carbons (Fsp3) is 0.357. The summed E-state index contributed by atoms with van der Waals surface area (Å²) >= 11 is 6.31. The van der Waals surface area contributed by atoms with Gasteiger partial charge in [-0.15, -0.1) is 11.6 Å². The van der Waals surface area contributed by atoms with E-state index in [4.69, 9.17) is 11.6 Å². The first-order valence-corrected chi connectivity index (χ1v) is 6.30. The van der Waals surface area contributed by atoms with Crippen LogP contribution in [0, 0.1) is 13.8 Å². The van der Waals surface area contributed by atoms with Gasteiger partial charge in [0.2, 0.25) is 0 Å². The summed E-state index contributed by atoms with van der Waals surface area (Å²) < 4.78 is 0. The van der Waals surface area contributed by atoms with E-state index < -0.39 is 0 Å². The van der Waals surface area contributed by atoms with Crippen molar-refractivity contribution < 1.29 is 0 Å². The third kappa shape index (κ3) is 2.89. The zero-order valence-corrected chi connectivity index (χ0v) is 11.0. The number of nitrogens with zero attached hydrogens (tertiary/aromatic N) is 1. The molecule has 0 bridgehead atoms. The summed E-state index contributed by atoms with van der Waals surface area (Å²) in [6.07, 6.45) is 5.44. The third-order valence-corrected chi connectivity index (χ3v) is 3.67. The number of halogens is 1. The van der Waals surface area contributed by atoms with E-state index in [0.717, 1.165) is 18.5 Å². The summed E-state index contributed by atoms with van der Waals surface area (Å²) in [5.41, 5.74) is 5.02. The molecule has 3 heteroatoms.